The molecule has 2 aliphatic carbocycles. The summed E-state index contributed by atoms with van der Waals surface area (Å²) in [7, 11) is 0. The van der Waals surface area contributed by atoms with Crippen molar-refractivity contribution in [3.05, 3.63) is 46.0 Å². The van der Waals surface area contributed by atoms with Crippen molar-refractivity contribution in [2.24, 2.45) is 11.8 Å². The van der Waals surface area contributed by atoms with Crippen LogP contribution >= 0.6 is 23.2 Å². The van der Waals surface area contributed by atoms with Crippen LogP contribution in [0.1, 0.15) is 63.9 Å². The molecule has 1 heterocycles. The van der Waals surface area contributed by atoms with E-state index in [1.54, 1.807) is 25.1 Å². The van der Waals surface area contributed by atoms with Crippen LogP contribution in [0.4, 0.5) is 0 Å². The van der Waals surface area contributed by atoms with Crippen LogP contribution in [0.15, 0.2) is 30.4 Å². The largest absolute Gasteiger partial charge is 0.352 e. The van der Waals surface area contributed by atoms with Crippen molar-refractivity contribution < 1.29 is 19.2 Å². The molecule has 1 unspecified atom stereocenters. The Kier molecular flexibility index (Phi) is 8.73. The number of nitrogens with one attached hydrogen (secondary N) is 1. The lowest BCUT2D eigenvalue weighted by molar-refractivity contribution is -0.144. The summed E-state index contributed by atoms with van der Waals surface area (Å²) >= 11 is 12.8. The van der Waals surface area contributed by atoms with Gasteiger partial charge in [0.05, 0.1) is 11.8 Å². The molecule has 7 nitrogen and oxygen atoms in total. The van der Waals surface area contributed by atoms with Gasteiger partial charge in [0.1, 0.15) is 6.04 Å². The van der Waals surface area contributed by atoms with Crippen molar-refractivity contribution in [3.63, 3.8) is 0 Å². The first-order valence-corrected chi connectivity index (χ1v) is 13.6. The normalized spacial score (nSPS) is 22.9. The second-order valence-electron chi connectivity index (χ2n) is 9.98. The third kappa shape index (κ3) is 5.78. The van der Waals surface area contributed by atoms with Gasteiger partial charge in [0, 0.05) is 41.2 Å². The first kappa shape index (κ1) is 26.7. The Hall–Kier alpha value is -2.38. The number of fused-ring (bicyclic) bond motifs is 1. The lowest BCUT2D eigenvalue weighted by Gasteiger charge is -2.32. The standard InChI is InChI=1S/C27H33Cl2N3O4/c1-17(25(34)30-18-8-3-2-4-9-18)32(16-21-22(28)12-7-13-23(21)29)24(33)14-15-31-26(35)19-10-5-6-11-20(19)27(31)36/h5-7,12-13,17-20H,2-4,8-11,14-16H2,1H3,(H,30,34)/t17?,19-,20+. The van der Waals surface area contributed by atoms with Crippen LogP contribution in [0.5, 0.6) is 0 Å². The number of rotatable bonds is 8. The number of hydrogen-bond acceptors (Lipinski definition) is 4. The smallest absolute Gasteiger partial charge is 0.242 e. The SMILES string of the molecule is CC(C(=O)NC1CCCCC1)N(Cc1c(Cl)cccc1Cl)C(=O)CCN1C(=O)[C@H]2CC=CC[C@H]2C1=O. The lowest BCUT2D eigenvalue weighted by Crippen LogP contribution is -2.51. The molecule has 1 aliphatic heterocycles. The van der Waals surface area contributed by atoms with Crippen molar-refractivity contribution in [1.82, 2.24) is 15.1 Å². The van der Waals surface area contributed by atoms with E-state index in [9.17, 15) is 19.2 Å². The number of halogens is 2. The van der Waals surface area contributed by atoms with E-state index < -0.39 is 6.04 Å². The van der Waals surface area contributed by atoms with Crippen LogP contribution in [0.2, 0.25) is 10.0 Å². The number of imide groups is 1. The minimum atomic E-state index is -0.775. The number of carbonyl (C=O) groups is 4. The number of carbonyl (C=O) groups excluding carboxylic acids is 4. The van der Waals surface area contributed by atoms with E-state index in [0.29, 0.717) is 28.5 Å². The minimum Gasteiger partial charge on any atom is -0.352 e. The van der Waals surface area contributed by atoms with Crippen LogP contribution in [0, 0.1) is 11.8 Å². The van der Waals surface area contributed by atoms with Crippen LogP contribution < -0.4 is 5.32 Å². The second-order valence-corrected chi connectivity index (χ2v) is 10.8. The van der Waals surface area contributed by atoms with Crippen molar-refractivity contribution >= 4 is 46.8 Å². The zero-order valence-corrected chi connectivity index (χ0v) is 22.1. The lowest BCUT2D eigenvalue weighted by atomic mass is 9.85. The second kappa shape index (κ2) is 11.8. The van der Waals surface area contributed by atoms with Crippen LogP contribution in [-0.4, -0.2) is 52.1 Å². The molecule has 1 saturated heterocycles. The highest BCUT2D eigenvalue weighted by Crippen LogP contribution is 2.35. The average Bonchev–Trinajstić information content (AvgIpc) is 3.12. The average molecular weight is 534 g/mol. The van der Waals surface area contributed by atoms with Gasteiger partial charge in [-0.3, -0.25) is 24.1 Å². The monoisotopic (exact) mass is 533 g/mol. The molecule has 4 amide bonds. The third-order valence-electron chi connectivity index (χ3n) is 7.66. The summed E-state index contributed by atoms with van der Waals surface area (Å²) in [6, 6.07) is 4.43. The maximum Gasteiger partial charge on any atom is 0.242 e. The molecule has 1 saturated carbocycles. The van der Waals surface area contributed by atoms with E-state index in [2.05, 4.69) is 5.32 Å². The molecule has 1 aromatic carbocycles. The number of nitrogens with zero attached hydrogens (tertiary/aromatic N) is 2. The van der Waals surface area contributed by atoms with Gasteiger partial charge in [0.25, 0.3) is 0 Å². The Morgan fingerprint density at radius 2 is 1.61 bits per heavy atom. The molecular weight excluding hydrogens is 501 g/mol. The predicted octanol–water partition coefficient (Wildman–Crippen LogP) is 4.50. The molecule has 0 aromatic heterocycles. The predicted molar refractivity (Wildman–Crippen MR) is 138 cm³/mol. The molecule has 1 aromatic rings. The number of likely N-dealkylation sites (tertiary alicyclic amines) is 1. The van der Waals surface area contributed by atoms with Crippen LogP contribution in [-0.2, 0) is 25.7 Å². The molecule has 4 rings (SSSR count). The van der Waals surface area contributed by atoms with Crippen molar-refractivity contribution in [3.8, 4) is 0 Å². The van der Waals surface area contributed by atoms with E-state index in [1.165, 1.54) is 16.2 Å². The number of benzene rings is 1. The van der Waals surface area contributed by atoms with Gasteiger partial charge in [-0.15, -0.1) is 0 Å². The summed E-state index contributed by atoms with van der Waals surface area (Å²) in [5.41, 5.74) is 0.553. The van der Waals surface area contributed by atoms with Gasteiger partial charge in [-0.05, 0) is 44.7 Å². The van der Waals surface area contributed by atoms with Gasteiger partial charge in [0.15, 0.2) is 0 Å². The first-order chi connectivity index (χ1) is 17.3. The molecule has 0 spiro atoms. The Morgan fingerprint density at radius 3 is 2.19 bits per heavy atom. The summed E-state index contributed by atoms with van der Waals surface area (Å²) in [4.78, 5) is 55.0. The summed E-state index contributed by atoms with van der Waals surface area (Å²) in [6.07, 6.45) is 10.1. The Bertz CT molecular complexity index is 1010. The first-order valence-electron chi connectivity index (χ1n) is 12.8. The fourth-order valence-electron chi connectivity index (χ4n) is 5.45. The zero-order valence-electron chi connectivity index (χ0n) is 20.6. The molecule has 1 N–H and O–H groups in total. The topological polar surface area (TPSA) is 86.8 Å². The number of amides is 4. The van der Waals surface area contributed by atoms with Crippen molar-refractivity contribution in [2.45, 2.75) is 76.9 Å². The Balaban J connectivity index is 1.48. The molecule has 3 aliphatic rings. The van der Waals surface area contributed by atoms with E-state index >= 15 is 0 Å². The molecule has 0 bridgehead atoms. The van der Waals surface area contributed by atoms with Gasteiger partial charge in [0.2, 0.25) is 23.6 Å². The summed E-state index contributed by atoms with van der Waals surface area (Å²) in [6.45, 7) is 1.73. The fourth-order valence-corrected chi connectivity index (χ4v) is 5.96. The van der Waals surface area contributed by atoms with Gasteiger partial charge in [-0.1, -0.05) is 60.7 Å². The van der Waals surface area contributed by atoms with E-state index in [-0.39, 0.29) is 61.0 Å². The molecule has 194 valence electrons. The Morgan fingerprint density at radius 1 is 1.03 bits per heavy atom. The maximum absolute atomic E-state index is 13.5. The highest BCUT2D eigenvalue weighted by molar-refractivity contribution is 6.36. The van der Waals surface area contributed by atoms with E-state index in [4.69, 9.17) is 23.2 Å². The molecule has 36 heavy (non-hydrogen) atoms. The summed E-state index contributed by atoms with van der Waals surface area (Å²) in [5.74, 6) is -1.68. The quantitative estimate of drug-likeness (QED) is 0.393. The molecule has 3 atom stereocenters. The molecular formula is C27H33Cl2N3O4. The van der Waals surface area contributed by atoms with Gasteiger partial charge in [-0.25, -0.2) is 0 Å². The van der Waals surface area contributed by atoms with Crippen molar-refractivity contribution in [2.75, 3.05) is 6.54 Å². The summed E-state index contributed by atoms with van der Waals surface area (Å²) < 4.78 is 0. The summed E-state index contributed by atoms with van der Waals surface area (Å²) in [5, 5.41) is 3.90. The molecule has 2 fully saturated rings. The highest BCUT2D eigenvalue weighted by atomic mass is 35.5. The van der Waals surface area contributed by atoms with Gasteiger partial charge < -0.3 is 10.2 Å². The van der Waals surface area contributed by atoms with Crippen LogP contribution in [0.3, 0.4) is 0 Å². The zero-order chi connectivity index (χ0) is 25.8. The Labute approximate surface area is 222 Å². The van der Waals surface area contributed by atoms with Crippen molar-refractivity contribution in [1.29, 1.82) is 0 Å². The highest BCUT2D eigenvalue weighted by Gasteiger charge is 2.47. The number of hydrogen-bond donors (Lipinski definition) is 1. The van der Waals surface area contributed by atoms with Crippen LogP contribution in [0.25, 0.3) is 0 Å². The fraction of sp³-hybridized carbons (Fsp3) is 0.556. The van der Waals surface area contributed by atoms with Gasteiger partial charge in [-0.2, -0.15) is 0 Å². The van der Waals surface area contributed by atoms with E-state index in [0.717, 1.165) is 25.7 Å². The third-order valence-corrected chi connectivity index (χ3v) is 8.37. The molecule has 9 heteroatoms. The van der Waals surface area contributed by atoms with Gasteiger partial charge >= 0.3 is 0 Å². The maximum atomic E-state index is 13.5. The van der Waals surface area contributed by atoms with E-state index in [1.807, 2.05) is 12.2 Å². The minimum absolute atomic E-state index is 0.00673. The molecule has 0 radical (unpaired) electrons. The number of allylic oxidation sites excluding steroid dienone is 2.